The molecular formula is C13H21N3O3. The number of carboxylic acids is 1. The van der Waals surface area contributed by atoms with Crippen LogP contribution in [0.5, 0.6) is 0 Å². The maximum atomic E-state index is 12.3. The minimum atomic E-state index is -1.21. The molecule has 19 heavy (non-hydrogen) atoms. The molecule has 1 heterocycles. The van der Waals surface area contributed by atoms with Crippen LogP contribution < -0.4 is 10.9 Å². The molecule has 0 saturated heterocycles. The summed E-state index contributed by atoms with van der Waals surface area (Å²) in [5, 5.41) is 12.0. The summed E-state index contributed by atoms with van der Waals surface area (Å²) in [5.74, 6) is -0.952. The molecule has 0 saturated carbocycles. The van der Waals surface area contributed by atoms with E-state index in [1.807, 2.05) is 20.8 Å². The van der Waals surface area contributed by atoms with Gasteiger partial charge in [0, 0.05) is 17.9 Å². The van der Waals surface area contributed by atoms with Gasteiger partial charge >= 0.3 is 5.97 Å². The second-order valence-corrected chi connectivity index (χ2v) is 5.74. The lowest BCUT2D eigenvalue weighted by Crippen LogP contribution is -2.46. The van der Waals surface area contributed by atoms with E-state index >= 15 is 0 Å². The van der Waals surface area contributed by atoms with Crippen molar-refractivity contribution >= 4 is 11.8 Å². The van der Waals surface area contributed by atoms with E-state index in [0.717, 1.165) is 0 Å². The van der Waals surface area contributed by atoms with Crippen LogP contribution in [0.2, 0.25) is 0 Å². The average Bonchev–Trinajstić information content (AvgIpc) is 2.29. The van der Waals surface area contributed by atoms with Crippen molar-refractivity contribution in [2.24, 2.45) is 0 Å². The first-order valence-corrected chi connectivity index (χ1v) is 6.21. The maximum Gasteiger partial charge on any atom is 0.329 e. The van der Waals surface area contributed by atoms with Gasteiger partial charge in [-0.1, -0.05) is 6.92 Å². The van der Waals surface area contributed by atoms with Crippen molar-refractivity contribution in [3.63, 3.8) is 0 Å². The van der Waals surface area contributed by atoms with Gasteiger partial charge in [-0.3, -0.25) is 4.79 Å². The SMILES string of the molecule is CCC(C)(Nc1nccn(C(C)(C)C)c1=O)C(=O)O. The third kappa shape index (κ3) is 3.13. The molecule has 1 aromatic rings. The van der Waals surface area contributed by atoms with Crippen molar-refractivity contribution in [1.29, 1.82) is 0 Å². The Bertz CT molecular complexity index is 531. The molecule has 0 spiro atoms. The zero-order valence-corrected chi connectivity index (χ0v) is 12.0. The number of carboxylic acid groups (broad SMARTS) is 1. The highest BCUT2D eigenvalue weighted by Crippen LogP contribution is 2.16. The predicted molar refractivity (Wildman–Crippen MR) is 73.4 cm³/mol. The van der Waals surface area contributed by atoms with Crippen LogP contribution in [0.4, 0.5) is 5.82 Å². The number of aliphatic carboxylic acids is 1. The second-order valence-electron chi connectivity index (χ2n) is 5.74. The predicted octanol–water partition coefficient (Wildman–Crippen LogP) is 1.66. The van der Waals surface area contributed by atoms with Crippen molar-refractivity contribution in [3.8, 4) is 0 Å². The summed E-state index contributed by atoms with van der Waals surface area (Å²) in [4.78, 5) is 27.5. The van der Waals surface area contributed by atoms with Crippen LogP contribution in [0.3, 0.4) is 0 Å². The molecule has 0 aliphatic rings. The quantitative estimate of drug-likeness (QED) is 0.866. The monoisotopic (exact) mass is 267 g/mol. The first kappa shape index (κ1) is 15.2. The smallest absolute Gasteiger partial charge is 0.329 e. The number of aromatic nitrogens is 2. The van der Waals surface area contributed by atoms with Crippen LogP contribution in [-0.2, 0) is 10.3 Å². The van der Waals surface area contributed by atoms with Crippen molar-refractivity contribution in [1.82, 2.24) is 9.55 Å². The molecule has 1 atom stereocenters. The summed E-state index contributed by atoms with van der Waals surface area (Å²) in [7, 11) is 0. The van der Waals surface area contributed by atoms with Gasteiger partial charge in [0.25, 0.3) is 5.56 Å². The van der Waals surface area contributed by atoms with Crippen molar-refractivity contribution < 1.29 is 9.90 Å². The molecule has 0 bridgehead atoms. The fourth-order valence-corrected chi connectivity index (χ4v) is 1.58. The highest BCUT2D eigenvalue weighted by Gasteiger charge is 2.32. The van der Waals surface area contributed by atoms with E-state index in [2.05, 4.69) is 10.3 Å². The largest absolute Gasteiger partial charge is 0.480 e. The van der Waals surface area contributed by atoms with E-state index in [1.165, 1.54) is 17.7 Å². The number of hydrogen-bond acceptors (Lipinski definition) is 4. The molecule has 0 aromatic carbocycles. The summed E-state index contributed by atoms with van der Waals surface area (Å²) in [6, 6.07) is 0. The Morgan fingerprint density at radius 3 is 2.42 bits per heavy atom. The molecule has 1 aromatic heterocycles. The van der Waals surface area contributed by atoms with Gasteiger partial charge in [-0.05, 0) is 34.1 Å². The average molecular weight is 267 g/mol. The highest BCUT2D eigenvalue weighted by molar-refractivity contribution is 5.81. The van der Waals surface area contributed by atoms with Crippen molar-refractivity contribution in [2.45, 2.75) is 52.1 Å². The van der Waals surface area contributed by atoms with Gasteiger partial charge in [-0.25, -0.2) is 9.78 Å². The second kappa shape index (κ2) is 5.03. The Morgan fingerprint density at radius 1 is 1.42 bits per heavy atom. The number of rotatable bonds is 4. The third-order valence-electron chi connectivity index (χ3n) is 3.14. The summed E-state index contributed by atoms with van der Waals surface area (Å²) in [6.07, 6.45) is 3.43. The first-order chi connectivity index (χ1) is 8.62. The zero-order chi connectivity index (χ0) is 14.8. The molecule has 6 heteroatoms. The molecule has 0 radical (unpaired) electrons. The molecule has 0 aliphatic carbocycles. The summed E-state index contributed by atoms with van der Waals surface area (Å²) in [6.45, 7) is 8.97. The van der Waals surface area contributed by atoms with Gasteiger partial charge in [0.2, 0.25) is 0 Å². The molecule has 2 N–H and O–H groups in total. The molecule has 1 rings (SSSR count). The number of nitrogens with zero attached hydrogens (tertiary/aromatic N) is 2. The van der Waals surface area contributed by atoms with Crippen LogP contribution in [0.1, 0.15) is 41.0 Å². The van der Waals surface area contributed by atoms with Crippen LogP contribution in [0.25, 0.3) is 0 Å². The van der Waals surface area contributed by atoms with E-state index in [9.17, 15) is 14.7 Å². The maximum absolute atomic E-state index is 12.3. The lowest BCUT2D eigenvalue weighted by Gasteiger charge is -2.27. The Hall–Kier alpha value is -1.85. The Morgan fingerprint density at radius 2 is 2.00 bits per heavy atom. The van der Waals surface area contributed by atoms with Crippen LogP contribution in [0, 0.1) is 0 Å². The molecule has 6 nitrogen and oxygen atoms in total. The molecule has 0 aliphatic heterocycles. The van der Waals surface area contributed by atoms with Crippen LogP contribution in [0.15, 0.2) is 17.2 Å². The van der Waals surface area contributed by atoms with Crippen molar-refractivity contribution in [3.05, 3.63) is 22.7 Å². The van der Waals surface area contributed by atoms with E-state index in [4.69, 9.17) is 0 Å². The van der Waals surface area contributed by atoms with Gasteiger partial charge in [0.1, 0.15) is 5.54 Å². The van der Waals surface area contributed by atoms with E-state index in [1.54, 1.807) is 13.1 Å². The number of nitrogens with one attached hydrogen (secondary N) is 1. The summed E-state index contributed by atoms with van der Waals surface area (Å²) >= 11 is 0. The van der Waals surface area contributed by atoms with Gasteiger partial charge in [0.05, 0.1) is 0 Å². The lowest BCUT2D eigenvalue weighted by molar-refractivity contribution is -0.141. The summed E-state index contributed by atoms with van der Waals surface area (Å²) in [5.41, 5.74) is -1.91. The lowest BCUT2D eigenvalue weighted by atomic mass is 9.99. The fourth-order valence-electron chi connectivity index (χ4n) is 1.58. The molecular weight excluding hydrogens is 246 g/mol. The highest BCUT2D eigenvalue weighted by atomic mass is 16.4. The van der Waals surface area contributed by atoms with Crippen LogP contribution in [-0.4, -0.2) is 26.2 Å². The molecule has 0 fully saturated rings. The van der Waals surface area contributed by atoms with Gasteiger partial charge in [-0.2, -0.15) is 0 Å². The van der Waals surface area contributed by atoms with E-state index in [-0.39, 0.29) is 16.9 Å². The number of hydrogen-bond donors (Lipinski definition) is 2. The third-order valence-corrected chi connectivity index (χ3v) is 3.14. The summed E-state index contributed by atoms with van der Waals surface area (Å²) < 4.78 is 1.53. The normalized spacial score (nSPS) is 14.8. The minimum absolute atomic E-state index is 0.0594. The standard InChI is InChI=1S/C13H21N3O3/c1-6-13(5,11(18)19)15-9-10(17)16(8-7-14-9)12(2,3)4/h7-8H,6H2,1-5H3,(H,14,15)(H,18,19). The number of anilines is 1. The van der Waals surface area contributed by atoms with Gasteiger partial charge < -0.3 is 15.0 Å². The van der Waals surface area contributed by atoms with Gasteiger partial charge in [-0.15, -0.1) is 0 Å². The first-order valence-electron chi connectivity index (χ1n) is 6.21. The Kier molecular flexibility index (Phi) is 4.03. The molecule has 1 unspecified atom stereocenters. The van der Waals surface area contributed by atoms with E-state index < -0.39 is 11.5 Å². The Balaban J connectivity index is 3.25. The number of carbonyl (C=O) groups is 1. The Labute approximate surface area is 112 Å². The minimum Gasteiger partial charge on any atom is -0.480 e. The fraction of sp³-hybridized carbons (Fsp3) is 0.615. The van der Waals surface area contributed by atoms with Crippen molar-refractivity contribution in [2.75, 3.05) is 5.32 Å². The van der Waals surface area contributed by atoms with Crippen LogP contribution >= 0.6 is 0 Å². The molecule has 106 valence electrons. The van der Waals surface area contributed by atoms with E-state index in [0.29, 0.717) is 6.42 Å². The molecule has 0 amide bonds. The zero-order valence-electron chi connectivity index (χ0n) is 12.0. The van der Waals surface area contributed by atoms with Gasteiger partial charge in [0.15, 0.2) is 5.82 Å². The topological polar surface area (TPSA) is 84.2 Å².